The molecule has 0 bridgehead atoms. The quantitative estimate of drug-likeness (QED) is 0.674. The maximum Gasteiger partial charge on any atom is 0.270 e. The molecule has 96 valence electrons. The Morgan fingerprint density at radius 1 is 1.56 bits per heavy atom. The predicted molar refractivity (Wildman–Crippen MR) is 67.8 cm³/mol. The van der Waals surface area contributed by atoms with Crippen LogP contribution in [0.1, 0.15) is 30.1 Å². The van der Waals surface area contributed by atoms with E-state index in [-0.39, 0.29) is 28.2 Å². The van der Waals surface area contributed by atoms with Crippen LogP contribution in [0.5, 0.6) is 0 Å². The van der Waals surface area contributed by atoms with Crippen molar-refractivity contribution in [2.24, 2.45) is 5.92 Å². The molecule has 1 saturated carbocycles. The number of halogens is 1. The Balaban J connectivity index is 2.12. The second-order valence-corrected chi connectivity index (χ2v) is 4.93. The lowest BCUT2D eigenvalue weighted by atomic mass is 10.1. The van der Waals surface area contributed by atoms with Gasteiger partial charge in [0, 0.05) is 18.2 Å². The van der Waals surface area contributed by atoms with E-state index < -0.39 is 4.92 Å². The molecule has 1 amide bonds. The van der Waals surface area contributed by atoms with Crippen LogP contribution in [0.3, 0.4) is 0 Å². The number of rotatable bonds is 4. The molecule has 6 heteroatoms. The Kier molecular flexibility index (Phi) is 3.52. The van der Waals surface area contributed by atoms with Gasteiger partial charge in [0.1, 0.15) is 0 Å². The molecule has 5 nitrogen and oxygen atoms in total. The van der Waals surface area contributed by atoms with E-state index in [1.807, 2.05) is 6.92 Å². The molecule has 0 aromatic heterocycles. The molecule has 0 aliphatic heterocycles. The van der Waals surface area contributed by atoms with Crippen molar-refractivity contribution in [3.63, 3.8) is 0 Å². The van der Waals surface area contributed by atoms with E-state index in [0.717, 1.165) is 12.8 Å². The highest BCUT2D eigenvalue weighted by Crippen LogP contribution is 2.32. The van der Waals surface area contributed by atoms with Crippen molar-refractivity contribution < 1.29 is 9.72 Å². The average molecular weight is 269 g/mol. The number of nitro benzene ring substituents is 1. The number of carbonyl (C=O) groups excluding carboxylic acids is 1. The molecule has 1 N–H and O–H groups in total. The number of benzene rings is 1. The summed E-state index contributed by atoms with van der Waals surface area (Å²) in [6.45, 7) is 1.95. The fraction of sp³-hybridized carbons (Fsp3) is 0.417. The molecule has 0 radical (unpaired) electrons. The van der Waals surface area contributed by atoms with Crippen molar-refractivity contribution in [2.45, 2.75) is 25.8 Å². The number of nitrogens with one attached hydrogen (secondary N) is 1. The Morgan fingerprint density at radius 3 is 2.72 bits per heavy atom. The monoisotopic (exact) mass is 268 g/mol. The number of amides is 1. The largest absolute Gasteiger partial charge is 0.349 e. The van der Waals surface area contributed by atoms with E-state index in [2.05, 4.69) is 5.32 Å². The number of carbonyl (C=O) groups is 1. The Labute approximate surface area is 109 Å². The number of hydrogen-bond acceptors (Lipinski definition) is 3. The van der Waals surface area contributed by atoms with Gasteiger partial charge in [-0.05, 0) is 31.7 Å². The third-order valence-corrected chi connectivity index (χ3v) is 3.41. The Hall–Kier alpha value is -1.62. The van der Waals surface area contributed by atoms with E-state index in [9.17, 15) is 14.9 Å². The van der Waals surface area contributed by atoms with Gasteiger partial charge in [-0.2, -0.15) is 0 Å². The molecule has 1 aliphatic rings. The molecule has 2 rings (SSSR count). The van der Waals surface area contributed by atoms with Gasteiger partial charge in [-0.15, -0.1) is 0 Å². The second-order valence-electron chi connectivity index (χ2n) is 4.52. The van der Waals surface area contributed by atoms with Gasteiger partial charge in [-0.25, -0.2) is 0 Å². The highest BCUT2D eigenvalue weighted by Gasteiger charge is 2.29. The van der Waals surface area contributed by atoms with E-state index >= 15 is 0 Å². The summed E-state index contributed by atoms with van der Waals surface area (Å²) in [4.78, 5) is 21.9. The summed E-state index contributed by atoms with van der Waals surface area (Å²) in [6, 6.07) is 3.97. The highest BCUT2D eigenvalue weighted by molar-refractivity contribution is 6.34. The van der Waals surface area contributed by atoms with Crippen LogP contribution in [0.25, 0.3) is 0 Å². The van der Waals surface area contributed by atoms with Crippen LogP contribution in [0, 0.1) is 16.0 Å². The van der Waals surface area contributed by atoms with Gasteiger partial charge >= 0.3 is 0 Å². The van der Waals surface area contributed by atoms with Crippen LogP contribution in [-0.4, -0.2) is 16.9 Å². The molecule has 0 spiro atoms. The van der Waals surface area contributed by atoms with Crippen LogP contribution in [0.2, 0.25) is 5.02 Å². The van der Waals surface area contributed by atoms with Crippen LogP contribution < -0.4 is 5.32 Å². The molecule has 1 atom stereocenters. The lowest BCUT2D eigenvalue weighted by molar-refractivity contribution is -0.384. The number of nitrogens with zero attached hydrogens (tertiary/aromatic N) is 1. The molecule has 1 fully saturated rings. The van der Waals surface area contributed by atoms with Crippen molar-refractivity contribution in [2.75, 3.05) is 0 Å². The third kappa shape index (κ3) is 2.79. The molecular formula is C12H13ClN2O3. The Bertz CT molecular complexity index is 500. The zero-order valence-electron chi connectivity index (χ0n) is 9.85. The van der Waals surface area contributed by atoms with Crippen molar-refractivity contribution in [3.05, 3.63) is 38.9 Å². The van der Waals surface area contributed by atoms with Gasteiger partial charge < -0.3 is 5.32 Å². The summed E-state index contributed by atoms with van der Waals surface area (Å²) in [7, 11) is 0. The highest BCUT2D eigenvalue weighted by atomic mass is 35.5. The van der Waals surface area contributed by atoms with Gasteiger partial charge in [0.15, 0.2) is 0 Å². The third-order valence-electron chi connectivity index (χ3n) is 3.10. The summed E-state index contributed by atoms with van der Waals surface area (Å²) in [5, 5.41) is 13.5. The SMILES string of the molecule is C[C@@H](NC(=O)c1ccc([N+](=O)[O-])cc1Cl)C1CC1. The average Bonchev–Trinajstić information content (AvgIpc) is 3.12. The minimum Gasteiger partial charge on any atom is -0.349 e. The number of nitro groups is 1. The van der Waals surface area contributed by atoms with Crippen molar-refractivity contribution in [1.82, 2.24) is 5.32 Å². The first-order chi connectivity index (χ1) is 8.49. The molecule has 0 unspecified atom stereocenters. The second kappa shape index (κ2) is 4.94. The van der Waals surface area contributed by atoms with E-state index in [4.69, 9.17) is 11.6 Å². The number of hydrogen-bond donors (Lipinski definition) is 1. The van der Waals surface area contributed by atoms with Gasteiger partial charge in [0.25, 0.3) is 11.6 Å². The maximum atomic E-state index is 11.9. The smallest absolute Gasteiger partial charge is 0.270 e. The van der Waals surface area contributed by atoms with E-state index in [1.165, 1.54) is 18.2 Å². The summed E-state index contributed by atoms with van der Waals surface area (Å²) in [5.41, 5.74) is 0.154. The first-order valence-electron chi connectivity index (χ1n) is 5.74. The van der Waals surface area contributed by atoms with Gasteiger partial charge in [-0.3, -0.25) is 14.9 Å². The summed E-state index contributed by atoms with van der Waals surface area (Å²) < 4.78 is 0. The zero-order valence-corrected chi connectivity index (χ0v) is 10.6. The van der Waals surface area contributed by atoms with Crippen molar-refractivity contribution in [3.8, 4) is 0 Å². The first-order valence-corrected chi connectivity index (χ1v) is 6.11. The molecule has 0 heterocycles. The van der Waals surface area contributed by atoms with Crippen molar-refractivity contribution in [1.29, 1.82) is 0 Å². The minimum absolute atomic E-state index is 0.102. The number of non-ortho nitro benzene ring substituents is 1. The lowest BCUT2D eigenvalue weighted by Gasteiger charge is -2.13. The van der Waals surface area contributed by atoms with Crippen LogP contribution in [0.4, 0.5) is 5.69 Å². The molecule has 0 saturated heterocycles. The van der Waals surface area contributed by atoms with Crippen LogP contribution in [-0.2, 0) is 0 Å². The fourth-order valence-corrected chi connectivity index (χ4v) is 2.06. The van der Waals surface area contributed by atoms with Gasteiger partial charge in [0.05, 0.1) is 15.5 Å². The predicted octanol–water partition coefficient (Wildman–Crippen LogP) is 2.78. The molecule has 1 aliphatic carbocycles. The molecule has 1 aromatic rings. The summed E-state index contributed by atoms with van der Waals surface area (Å²) in [6.07, 6.45) is 2.27. The van der Waals surface area contributed by atoms with Crippen LogP contribution >= 0.6 is 11.6 Å². The first kappa shape index (κ1) is 12.8. The van der Waals surface area contributed by atoms with Crippen LogP contribution in [0.15, 0.2) is 18.2 Å². The zero-order chi connectivity index (χ0) is 13.3. The summed E-state index contributed by atoms with van der Waals surface area (Å²) in [5.74, 6) is 0.264. The Morgan fingerprint density at radius 2 is 2.22 bits per heavy atom. The lowest BCUT2D eigenvalue weighted by Crippen LogP contribution is -2.34. The summed E-state index contributed by atoms with van der Waals surface area (Å²) >= 11 is 5.88. The topological polar surface area (TPSA) is 72.2 Å². The molecule has 18 heavy (non-hydrogen) atoms. The normalized spacial score (nSPS) is 16.1. The van der Waals surface area contributed by atoms with Gasteiger partial charge in [0.2, 0.25) is 0 Å². The fourth-order valence-electron chi connectivity index (χ4n) is 1.80. The minimum atomic E-state index is -0.541. The molecule has 1 aromatic carbocycles. The van der Waals surface area contributed by atoms with E-state index in [1.54, 1.807) is 0 Å². The van der Waals surface area contributed by atoms with Crippen molar-refractivity contribution >= 4 is 23.2 Å². The standard InChI is InChI=1S/C12H13ClN2O3/c1-7(8-2-3-8)14-12(16)10-5-4-9(15(17)18)6-11(10)13/h4-8H,2-3H2,1H3,(H,14,16)/t7-/m1/s1. The maximum absolute atomic E-state index is 11.9. The van der Waals surface area contributed by atoms with Gasteiger partial charge in [-0.1, -0.05) is 11.6 Å². The molecular weight excluding hydrogens is 256 g/mol. The van der Waals surface area contributed by atoms with E-state index in [0.29, 0.717) is 5.92 Å².